The molecule has 6 heteroatoms. The summed E-state index contributed by atoms with van der Waals surface area (Å²) in [6.45, 7) is 4.34. The molecule has 22 heavy (non-hydrogen) atoms. The molecule has 1 aromatic carbocycles. The molecule has 0 saturated carbocycles. The van der Waals surface area contributed by atoms with E-state index in [2.05, 4.69) is 0 Å². The Hall–Kier alpha value is -1.56. The molecule has 1 fully saturated rings. The largest absolute Gasteiger partial charge is 0.481 e. The van der Waals surface area contributed by atoms with Crippen molar-refractivity contribution >= 4 is 23.6 Å². The van der Waals surface area contributed by atoms with Crippen molar-refractivity contribution in [2.24, 2.45) is 11.3 Å². The minimum atomic E-state index is -0.891. The first-order chi connectivity index (χ1) is 10.3. The first-order valence-electron chi connectivity index (χ1n) is 7.18. The van der Waals surface area contributed by atoms with Gasteiger partial charge in [0.15, 0.2) is 0 Å². The molecule has 1 aromatic rings. The van der Waals surface area contributed by atoms with Gasteiger partial charge in [-0.05, 0) is 36.8 Å². The minimum absolute atomic E-state index is 0.0576. The maximum Gasteiger partial charge on any atom is 0.311 e. The number of thioether (sulfide) groups is 1. The molecule has 1 N–H and O–H groups in total. The van der Waals surface area contributed by atoms with Gasteiger partial charge >= 0.3 is 5.97 Å². The quantitative estimate of drug-likeness (QED) is 0.864. The van der Waals surface area contributed by atoms with E-state index in [9.17, 15) is 19.1 Å². The normalized spacial score (nSPS) is 21.4. The highest BCUT2D eigenvalue weighted by molar-refractivity contribution is 7.98. The van der Waals surface area contributed by atoms with Crippen LogP contribution in [0.1, 0.15) is 30.6 Å². The summed E-state index contributed by atoms with van der Waals surface area (Å²) >= 11 is 1.24. The molecular formula is C16H20FNO3S. The Morgan fingerprint density at radius 1 is 1.41 bits per heavy atom. The van der Waals surface area contributed by atoms with Crippen LogP contribution in [0.25, 0.3) is 0 Å². The number of halogens is 1. The van der Waals surface area contributed by atoms with Crippen molar-refractivity contribution in [2.45, 2.75) is 25.2 Å². The number of carbonyl (C=O) groups is 2. The van der Waals surface area contributed by atoms with E-state index in [1.807, 2.05) is 13.8 Å². The highest BCUT2D eigenvalue weighted by Crippen LogP contribution is 2.38. The topological polar surface area (TPSA) is 57.6 Å². The van der Waals surface area contributed by atoms with E-state index in [0.29, 0.717) is 23.4 Å². The molecule has 1 aliphatic rings. The summed E-state index contributed by atoms with van der Waals surface area (Å²) in [5.74, 6) is -1.51. The van der Waals surface area contributed by atoms with E-state index >= 15 is 0 Å². The van der Waals surface area contributed by atoms with E-state index in [-0.39, 0.29) is 24.2 Å². The SMILES string of the molecule is CSc1cc(C(=O)N2CCC(C(=O)O)(C(C)C)C2)ccc1F. The van der Waals surface area contributed by atoms with E-state index in [4.69, 9.17) is 0 Å². The smallest absolute Gasteiger partial charge is 0.311 e. The third kappa shape index (κ3) is 2.84. The fourth-order valence-electron chi connectivity index (χ4n) is 2.87. The molecule has 1 heterocycles. The standard InChI is InChI=1S/C16H20FNO3S/c1-10(2)16(15(20)21)6-7-18(9-16)14(19)11-4-5-12(17)13(8-11)22-3/h4-5,8,10H,6-7,9H2,1-3H3,(H,20,21). The number of aliphatic carboxylic acids is 1. The highest BCUT2D eigenvalue weighted by Gasteiger charge is 2.48. The zero-order valence-electron chi connectivity index (χ0n) is 12.9. The van der Waals surface area contributed by atoms with Crippen LogP contribution in [0.4, 0.5) is 4.39 Å². The fourth-order valence-corrected chi connectivity index (χ4v) is 3.38. The van der Waals surface area contributed by atoms with Crippen LogP contribution in [0.3, 0.4) is 0 Å². The van der Waals surface area contributed by atoms with Gasteiger partial charge in [-0.3, -0.25) is 9.59 Å². The van der Waals surface area contributed by atoms with Crippen molar-refractivity contribution < 1.29 is 19.1 Å². The summed E-state index contributed by atoms with van der Waals surface area (Å²) in [5, 5.41) is 9.53. The monoisotopic (exact) mass is 325 g/mol. The minimum Gasteiger partial charge on any atom is -0.481 e. The van der Waals surface area contributed by atoms with Crippen LogP contribution in [0, 0.1) is 17.2 Å². The Morgan fingerprint density at radius 3 is 2.59 bits per heavy atom. The van der Waals surface area contributed by atoms with Crippen molar-refractivity contribution in [3.05, 3.63) is 29.6 Å². The van der Waals surface area contributed by atoms with E-state index in [1.54, 1.807) is 11.2 Å². The second kappa shape index (κ2) is 6.28. The first-order valence-corrected chi connectivity index (χ1v) is 8.40. The van der Waals surface area contributed by atoms with Crippen molar-refractivity contribution in [3.8, 4) is 0 Å². The fraction of sp³-hybridized carbons (Fsp3) is 0.500. The maximum absolute atomic E-state index is 13.5. The van der Waals surface area contributed by atoms with E-state index in [0.717, 1.165) is 0 Å². The molecule has 1 amide bonds. The van der Waals surface area contributed by atoms with Crippen LogP contribution in [0.2, 0.25) is 0 Å². The van der Waals surface area contributed by atoms with Gasteiger partial charge < -0.3 is 10.0 Å². The molecular weight excluding hydrogens is 305 g/mol. The second-order valence-corrected chi connectivity index (χ2v) is 6.79. The number of amides is 1. The first kappa shape index (κ1) is 16.8. The summed E-state index contributed by atoms with van der Waals surface area (Å²) in [4.78, 5) is 26.2. The molecule has 1 saturated heterocycles. The van der Waals surface area contributed by atoms with Crippen LogP contribution < -0.4 is 0 Å². The molecule has 0 radical (unpaired) electrons. The molecule has 4 nitrogen and oxygen atoms in total. The van der Waals surface area contributed by atoms with Gasteiger partial charge in [-0.2, -0.15) is 0 Å². The lowest BCUT2D eigenvalue weighted by molar-refractivity contribution is -0.150. The maximum atomic E-state index is 13.5. The predicted molar refractivity (Wildman–Crippen MR) is 83.6 cm³/mol. The highest BCUT2D eigenvalue weighted by atomic mass is 32.2. The van der Waals surface area contributed by atoms with Crippen molar-refractivity contribution in [1.29, 1.82) is 0 Å². The summed E-state index contributed by atoms with van der Waals surface area (Å²) in [7, 11) is 0. The average molecular weight is 325 g/mol. The summed E-state index contributed by atoms with van der Waals surface area (Å²) in [5.41, 5.74) is -0.492. The van der Waals surface area contributed by atoms with Crippen molar-refractivity contribution in [3.63, 3.8) is 0 Å². The molecule has 1 unspecified atom stereocenters. The lowest BCUT2D eigenvalue weighted by Crippen LogP contribution is -2.40. The predicted octanol–water partition coefficient (Wildman–Crippen LogP) is 3.12. The van der Waals surface area contributed by atoms with Gasteiger partial charge in [-0.15, -0.1) is 11.8 Å². The number of carboxylic acids is 1. The number of hydrogen-bond acceptors (Lipinski definition) is 3. The molecule has 0 aromatic heterocycles. The van der Waals surface area contributed by atoms with Crippen LogP contribution in [-0.2, 0) is 4.79 Å². The zero-order chi connectivity index (χ0) is 16.5. The Kier molecular flexibility index (Phi) is 4.80. The van der Waals surface area contributed by atoms with Crippen molar-refractivity contribution in [2.75, 3.05) is 19.3 Å². The van der Waals surface area contributed by atoms with Crippen LogP contribution in [0.15, 0.2) is 23.1 Å². The summed E-state index contributed by atoms with van der Waals surface area (Å²) < 4.78 is 13.5. The van der Waals surface area contributed by atoms with Gasteiger partial charge in [0.1, 0.15) is 5.82 Å². The van der Waals surface area contributed by atoms with E-state index in [1.165, 1.54) is 30.0 Å². The molecule has 120 valence electrons. The Morgan fingerprint density at radius 2 is 2.09 bits per heavy atom. The molecule has 0 spiro atoms. The van der Waals surface area contributed by atoms with Gasteiger partial charge in [0.05, 0.1) is 5.41 Å². The van der Waals surface area contributed by atoms with Gasteiger partial charge in [0, 0.05) is 23.5 Å². The number of carbonyl (C=O) groups excluding carboxylic acids is 1. The lowest BCUT2D eigenvalue weighted by Gasteiger charge is -2.28. The lowest BCUT2D eigenvalue weighted by atomic mass is 9.76. The van der Waals surface area contributed by atoms with Crippen molar-refractivity contribution in [1.82, 2.24) is 4.90 Å². The number of hydrogen-bond donors (Lipinski definition) is 1. The number of likely N-dealkylation sites (tertiary alicyclic amines) is 1. The molecule has 0 bridgehead atoms. The average Bonchev–Trinajstić information content (AvgIpc) is 2.93. The van der Waals surface area contributed by atoms with Crippen LogP contribution in [0.5, 0.6) is 0 Å². The number of nitrogens with zero attached hydrogens (tertiary/aromatic N) is 1. The third-order valence-corrected chi connectivity index (χ3v) is 5.27. The Balaban J connectivity index is 2.23. The number of carboxylic acid groups (broad SMARTS) is 1. The van der Waals surface area contributed by atoms with Gasteiger partial charge in [-0.1, -0.05) is 13.8 Å². The molecule has 2 rings (SSSR count). The number of benzene rings is 1. The van der Waals surface area contributed by atoms with E-state index < -0.39 is 11.4 Å². The summed E-state index contributed by atoms with van der Waals surface area (Å²) in [6, 6.07) is 4.26. The van der Waals surface area contributed by atoms with Crippen LogP contribution >= 0.6 is 11.8 Å². The molecule has 1 aliphatic heterocycles. The number of rotatable bonds is 4. The Labute approximate surface area is 133 Å². The zero-order valence-corrected chi connectivity index (χ0v) is 13.7. The second-order valence-electron chi connectivity index (χ2n) is 5.94. The summed E-state index contributed by atoms with van der Waals surface area (Å²) in [6.07, 6.45) is 2.19. The molecule has 0 aliphatic carbocycles. The molecule has 1 atom stereocenters. The van der Waals surface area contributed by atoms with Gasteiger partial charge in [-0.25, -0.2) is 4.39 Å². The van der Waals surface area contributed by atoms with Gasteiger partial charge in [0.25, 0.3) is 5.91 Å². The van der Waals surface area contributed by atoms with Gasteiger partial charge in [0.2, 0.25) is 0 Å². The van der Waals surface area contributed by atoms with Crippen LogP contribution in [-0.4, -0.2) is 41.2 Å². The Bertz CT molecular complexity index is 605. The third-order valence-electron chi connectivity index (χ3n) is 4.52.